The van der Waals surface area contributed by atoms with Gasteiger partial charge in [-0.05, 0) is 23.5 Å². The minimum atomic E-state index is -0.984. The maximum absolute atomic E-state index is 12.2. The van der Waals surface area contributed by atoms with Crippen molar-refractivity contribution in [3.8, 4) is 0 Å². The molecule has 0 aliphatic heterocycles. The van der Waals surface area contributed by atoms with Crippen LogP contribution < -0.4 is 5.73 Å². The van der Waals surface area contributed by atoms with E-state index >= 15 is 0 Å². The highest BCUT2D eigenvalue weighted by molar-refractivity contribution is 5.77. The smallest absolute Gasteiger partial charge is 0.323 e. The molecule has 2 aromatic rings. The van der Waals surface area contributed by atoms with Gasteiger partial charge in [-0.25, -0.2) is 0 Å². The van der Waals surface area contributed by atoms with Gasteiger partial charge in [0.1, 0.15) is 12.6 Å². The van der Waals surface area contributed by atoms with Gasteiger partial charge in [0.2, 0.25) is 0 Å². The van der Waals surface area contributed by atoms with Crippen LogP contribution in [0.25, 0.3) is 0 Å². The fraction of sp³-hybridized carbons (Fsp3) is 0.263. The van der Waals surface area contributed by atoms with Crippen molar-refractivity contribution in [3.05, 3.63) is 71.8 Å². The predicted molar refractivity (Wildman–Crippen MR) is 90.1 cm³/mol. The molecule has 2 atom stereocenters. The summed E-state index contributed by atoms with van der Waals surface area (Å²) in [7, 11) is 0. The Kier molecular flexibility index (Phi) is 6.51. The zero-order valence-electron chi connectivity index (χ0n) is 13.3. The van der Waals surface area contributed by atoms with Crippen LogP contribution in [0.3, 0.4) is 0 Å². The molecule has 0 heterocycles. The van der Waals surface area contributed by atoms with E-state index in [1.165, 1.54) is 0 Å². The van der Waals surface area contributed by atoms with E-state index in [1.807, 2.05) is 60.7 Å². The third-order valence-corrected chi connectivity index (χ3v) is 3.78. The predicted octanol–water partition coefficient (Wildman–Crippen LogP) is 2.39. The molecule has 5 heteroatoms. The number of ether oxygens (including phenoxy) is 1. The Morgan fingerprint density at radius 1 is 0.958 bits per heavy atom. The summed E-state index contributed by atoms with van der Waals surface area (Å²) >= 11 is 0. The minimum Gasteiger partial charge on any atom is -0.481 e. The highest BCUT2D eigenvalue weighted by Crippen LogP contribution is 2.17. The molecule has 5 nitrogen and oxygen atoms in total. The monoisotopic (exact) mass is 327 g/mol. The molecular weight excluding hydrogens is 306 g/mol. The number of nitrogens with two attached hydrogens (primary N) is 1. The normalized spacial score (nSPS) is 13.0. The molecule has 0 aromatic heterocycles. The number of hydrogen-bond donors (Lipinski definition) is 2. The van der Waals surface area contributed by atoms with Crippen molar-refractivity contribution in [2.45, 2.75) is 25.5 Å². The van der Waals surface area contributed by atoms with Gasteiger partial charge in [0.05, 0.1) is 6.42 Å². The second-order valence-corrected chi connectivity index (χ2v) is 5.67. The molecule has 0 saturated heterocycles. The Bertz CT molecular complexity index is 658. The molecule has 24 heavy (non-hydrogen) atoms. The maximum Gasteiger partial charge on any atom is 0.323 e. The van der Waals surface area contributed by atoms with Gasteiger partial charge in [-0.15, -0.1) is 0 Å². The quantitative estimate of drug-likeness (QED) is 0.727. The molecule has 126 valence electrons. The molecule has 0 spiro atoms. The maximum atomic E-state index is 12.2. The number of carbonyl (C=O) groups excluding carboxylic acids is 1. The van der Waals surface area contributed by atoms with E-state index in [9.17, 15) is 9.59 Å². The van der Waals surface area contributed by atoms with Gasteiger partial charge in [0, 0.05) is 0 Å². The van der Waals surface area contributed by atoms with Crippen molar-refractivity contribution in [1.29, 1.82) is 0 Å². The third-order valence-electron chi connectivity index (χ3n) is 3.78. The summed E-state index contributed by atoms with van der Waals surface area (Å²) in [4.78, 5) is 23.3. The summed E-state index contributed by atoms with van der Waals surface area (Å²) in [6.45, 7) is 0.124. The largest absolute Gasteiger partial charge is 0.481 e. The average Bonchev–Trinajstić information content (AvgIpc) is 2.60. The second-order valence-electron chi connectivity index (χ2n) is 5.67. The summed E-state index contributed by atoms with van der Waals surface area (Å²) in [6.07, 6.45) is 0.227. The zero-order chi connectivity index (χ0) is 17.4. The first-order valence-electron chi connectivity index (χ1n) is 7.78. The van der Waals surface area contributed by atoms with Crippen molar-refractivity contribution in [1.82, 2.24) is 0 Å². The van der Waals surface area contributed by atoms with Crippen LogP contribution in [0.4, 0.5) is 0 Å². The number of carboxylic acid groups (broad SMARTS) is 1. The number of rotatable bonds is 8. The lowest BCUT2D eigenvalue weighted by Gasteiger charge is -2.21. The molecule has 3 N–H and O–H groups in total. The van der Waals surface area contributed by atoms with E-state index in [4.69, 9.17) is 15.6 Å². The Labute approximate surface area is 141 Å². The summed E-state index contributed by atoms with van der Waals surface area (Å²) in [6, 6.07) is 17.7. The summed E-state index contributed by atoms with van der Waals surface area (Å²) < 4.78 is 5.23. The van der Waals surface area contributed by atoms with Crippen molar-refractivity contribution in [2.24, 2.45) is 11.7 Å². The molecule has 0 aliphatic rings. The number of hydrogen-bond acceptors (Lipinski definition) is 4. The average molecular weight is 327 g/mol. The van der Waals surface area contributed by atoms with Crippen LogP contribution in [0.5, 0.6) is 0 Å². The highest BCUT2D eigenvalue weighted by atomic mass is 16.5. The number of benzene rings is 2. The molecule has 1 unspecified atom stereocenters. The van der Waals surface area contributed by atoms with E-state index in [0.29, 0.717) is 6.42 Å². The van der Waals surface area contributed by atoms with Crippen LogP contribution >= 0.6 is 0 Å². The van der Waals surface area contributed by atoms with Crippen LogP contribution in [0.2, 0.25) is 0 Å². The first-order valence-corrected chi connectivity index (χ1v) is 7.78. The molecular formula is C19H21NO4. The Morgan fingerprint density at radius 2 is 1.50 bits per heavy atom. The van der Waals surface area contributed by atoms with E-state index in [1.54, 1.807) is 0 Å². The lowest BCUT2D eigenvalue weighted by atomic mass is 9.89. The lowest BCUT2D eigenvalue weighted by Crippen LogP contribution is -2.41. The fourth-order valence-electron chi connectivity index (χ4n) is 2.48. The fourth-order valence-corrected chi connectivity index (χ4v) is 2.48. The van der Waals surface area contributed by atoms with Gasteiger partial charge in [-0.1, -0.05) is 60.7 Å². The lowest BCUT2D eigenvalue weighted by molar-refractivity contribution is -0.148. The van der Waals surface area contributed by atoms with Gasteiger partial charge in [-0.3, -0.25) is 9.59 Å². The van der Waals surface area contributed by atoms with E-state index < -0.39 is 23.9 Å². The van der Waals surface area contributed by atoms with Crippen LogP contribution in [-0.2, 0) is 27.4 Å². The minimum absolute atomic E-state index is 0.124. The van der Waals surface area contributed by atoms with Crippen molar-refractivity contribution >= 4 is 11.9 Å². The highest BCUT2D eigenvalue weighted by Gasteiger charge is 2.28. The zero-order valence-corrected chi connectivity index (χ0v) is 13.3. The second kappa shape index (κ2) is 8.84. The van der Waals surface area contributed by atoms with Crippen LogP contribution in [-0.4, -0.2) is 23.1 Å². The third kappa shape index (κ3) is 5.52. The standard InChI is InChI=1S/C19H21NO4/c20-18(19(23)24-13-15-9-5-2-6-10-15)16(12-17(21)22)11-14-7-3-1-4-8-14/h1-10,16,18H,11-13,20H2,(H,21,22)/t16?,18-/m0/s1. The number of aliphatic carboxylic acids is 1. The SMILES string of the molecule is N[C@H](C(=O)OCc1ccccc1)C(CC(=O)O)Cc1ccccc1. The number of carbonyl (C=O) groups is 2. The Morgan fingerprint density at radius 3 is 2.04 bits per heavy atom. The Balaban J connectivity index is 1.99. The van der Waals surface area contributed by atoms with Gasteiger partial charge in [0.25, 0.3) is 0 Å². The molecule has 0 saturated carbocycles. The number of carboxylic acids is 1. The van der Waals surface area contributed by atoms with Crippen LogP contribution in [0.1, 0.15) is 17.5 Å². The van der Waals surface area contributed by atoms with Gasteiger partial charge >= 0.3 is 11.9 Å². The Hall–Kier alpha value is -2.66. The molecule has 0 fully saturated rings. The van der Waals surface area contributed by atoms with E-state index in [2.05, 4.69) is 0 Å². The van der Waals surface area contributed by atoms with Gasteiger partial charge < -0.3 is 15.6 Å². The molecule has 0 radical (unpaired) electrons. The molecule has 2 rings (SSSR count). The first-order chi connectivity index (χ1) is 11.6. The molecule has 0 aliphatic carbocycles. The summed E-state index contributed by atoms with van der Waals surface area (Å²) in [5.41, 5.74) is 7.78. The van der Waals surface area contributed by atoms with Crippen molar-refractivity contribution in [2.75, 3.05) is 0 Å². The van der Waals surface area contributed by atoms with E-state index in [-0.39, 0.29) is 13.0 Å². The van der Waals surface area contributed by atoms with Crippen molar-refractivity contribution < 1.29 is 19.4 Å². The molecule has 0 amide bonds. The van der Waals surface area contributed by atoms with Gasteiger partial charge in [0.15, 0.2) is 0 Å². The van der Waals surface area contributed by atoms with E-state index in [0.717, 1.165) is 11.1 Å². The molecule has 2 aromatic carbocycles. The van der Waals surface area contributed by atoms with Crippen molar-refractivity contribution in [3.63, 3.8) is 0 Å². The van der Waals surface area contributed by atoms with Crippen LogP contribution in [0, 0.1) is 5.92 Å². The topological polar surface area (TPSA) is 89.6 Å². The van der Waals surface area contributed by atoms with Crippen LogP contribution in [0.15, 0.2) is 60.7 Å². The first kappa shape index (κ1) is 17.7. The van der Waals surface area contributed by atoms with Gasteiger partial charge in [-0.2, -0.15) is 0 Å². The number of esters is 1. The summed E-state index contributed by atoms with van der Waals surface area (Å²) in [5.74, 6) is -2.09. The molecule has 0 bridgehead atoms. The summed E-state index contributed by atoms with van der Waals surface area (Å²) in [5, 5.41) is 9.09.